The Balaban J connectivity index is 1.77. The smallest absolute Gasteiger partial charge is 0.320 e. The summed E-state index contributed by atoms with van der Waals surface area (Å²) in [5.74, 6) is -2.03. The zero-order chi connectivity index (χ0) is 21.6. The van der Waals surface area contributed by atoms with Gasteiger partial charge in [-0.05, 0) is 35.9 Å². The monoisotopic (exact) mass is 416 g/mol. The first-order chi connectivity index (χ1) is 14.1. The van der Waals surface area contributed by atoms with Crippen LogP contribution in [0.5, 0.6) is 0 Å². The van der Waals surface area contributed by atoms with Crippen molar-refractivity contribution in [3.8, 4) is 0 Å². The Hall–Kier alpha value is -3.62. The van der Waals surface area contributed by atoms with Crippen molar-refractivity contribution >= 4 is 33.5 Å². The molecule has 0 saturated heterocycles. The van der Waals surface area contributed by atoms with Gasteiger partial charge in [0.15, 0.2) is 11.5 Å². The highest BCUT2D eigenvalue weighted by Gasteiger charge is 2.30. The maximum atomic E-state index is 13.0. The predicted molar refractivity (Wildman–Crippen MR) is 106 cm³/mol. The molecule has 0 unspecified atom stereocenters. The minimum Gasteiger partial charge on any atom is -0.320 e. The van der Waals surface area contributed by atoms with Gasteiger partial charge in [-0.1, -0.05) is 18.7 Å². The molecule has 5 nitrogen and oxygen atoms in total. The van der Waals surface area contributed by atoms with Crippen molar-refractivity contribution in [1.29, 1.82) is 0 Å². The molecule has 4 rings (SSSR count). The van der Waals surface area contributed by atoms with E-state index in [0.717, 1.165) is 28.4 Å². The Bertz CT molecular complexity index is 1280. The molecule has 1 amide bonds. The van der Waals surface area contributed by atoms with Crippen LogP contribution in [-0.4, -0.2) is 20.3 Å². The van der Waals surface area contributed by atoms with Gasteiger partial charge in [-0.2, -0.15) is 18.3 Å². The average Bonchev–Trinajstić information content (AvgIpc) is 3.18. The van der Waals surface area contributed by atoms with E-state index in [0.29, 0.717) is 23.4 Å². The first kappa shape index (κ1) is 19.7. The number of hydrogen-bond donors (Lipinski definition) is 1. The predicted octanol–water partition coefficient (Wildman–Crippen LogP) is 5.02. The number of aryl methyl sites for hydroxylation is 1. The first-order valence-electron chi connectivity index (χ1n) is 8.91. The third kappa shape index (κ3) is 3.54. The number of benzene rings is 2. The second-order valence-electron chi connectivity index (χ2n) is 6.91. The highest BCUT2D eigenvalue weighted by atomic mass is 19.4. The van der Waals surface area contributed by atoms with E-state index in [1.165, 1.54) is 12.1 Å². The summed E-state index contributed by atoms with van der Waals surface area (Å²) in [5.41, 5.74) is 1.79. The Morgan fingerprint density at radius 1 is 1.13 bits per heavy atom. The lowest BCUT2D eigenvalue weighted by atomic mass is 10.1. The number of aromatic nitrogens is 3. The molecule has 0 saturated carbocycles. The van der Waals surface area contributed by atoms with E-state index in [1.54, 1.807) is 36.1 Å². The first-order valence-corrected chi connectivity index (χ1v) is 8.91. The van der Waals surface area contributed by atoms with Crippen LogP contribution < -0.4 is 5.32 Å². The minimum atomic E-state index is -4.39. The van der Waals surface area contributed by atoms with Gasteiger partial charge >= 0.3 is 6.18 Å². The molecule has 154 valence electrons. The number of anilines is 1. The second-order valence-corrected chi connectivity index (χ2v) is 6.91. The summed E-state index contributed by atoms with van der Waals surface area (Å²) in [4.78, 5) is 11.6. The molecular weight excluding hydrogens is 400 g/mol. The van der Waals surface area contributed by atoms with Gasteiger partial charge in [-0.3, -0.25) is 9.48 Å². The van der Waals surface area contributed by atoms with Gasteiger partial charge < -0.3 is 9.88 Å². The van der Waals surface area contributed by atoms with Gasteiger partial charge in [0, 0.05) is 36.2 Å². The maximum absolute atomic E-state index is 13.0. The standard InChI is InChI=1S/C21H16F4N4O/c1-12(22)20(30)26-15-7-8-18-16(9-15)17-11-28(2)27-19(17)29(18)10-13-3-5-14(6-4-13)21(23,24)25/h3-9,11H,1,10H2,2H3,(H,26,30). The van der Waals surface area contributed by atoms with Crippen LogP contribution in [0.15, 0.2) is 61.1 Å². The number of nitrogens with zero attached hydrogens (tertiary/aromatic N) is 3. The Kier molecular flexibility index (Phi) is 4.60. The molecule has 30 heavy (non-hydrogen) atoms. The molecular formula is C21H16F4N4O. The fourth-order valence-corrected chi connectivity index (χ4v) is 3.39. The summed E-state index contributed by atoms with van der Waals surface area (Å²) < 4.78 is 55.0. The van der Waals surface area contributed by atoms with Gasteiger partial charge in [0.2, 0.25) is 0 Å². The van der Waals surface area contributed by atoms with E-state index in [2.05, 4.69) is 17.0 Å². The van der Waals surface area contributed by atoms with E-state index < -0.39 is 23.5 Å². The van der Waals surface area contributed by atoms with Crippen LogP contribution >= 0.6 is 0 Å². The lowest BCUT2D eigenvalue weighted by Gasteiger charge is -2.10. The molecule has 2 aromatic heterocycles. The van der Waals surface area contributed by atoms with Crippen molar-refractivity contribution in [3.05, 3.63) is 72.2 Å². The van der Waals surface area contributed by atoms with E-state index >= 15 is 0 Å². The maximum Gasteiger partial charge on any atom is 0.416 e. The van der Waals surface area contributed by atoms with Crippen molar-refractivity contribution in [2.24, 2.45) is 7.05 Å². The van der Waals surface area contributed by atoms with Gasteiger partial charge in [0.1, 0.15) is 0 Å². The molecule has 0 radical (unpaired) electrons. The van der Waals surface area contributed by atoms with Gasteiger partial charge in [0.25, 0.3) is 5.91 Å². The molecule has 4 aromatic rings. The lowest BCUT2D eigenvalue weighted by Crippen LogP contribution is -2.11. The molecule has 0 aliphatic heterocycles. The van der Waals surface area contributed by atoms with Crippen molar-refractivity contribution < 1.29 is 22.4 Å². The van der Waals surface area contributed by atoms with Crippen LogP contribution in [0.2, 0.25) is 0 Å². The third-order valence-corrected chi connectivity index (χ3v) is 4.77. The Morgan fingerprint density at radius 2 is 1.83 bits per heavy atom. The fourth-order valence-electron chi connectivity index (χ4n) is 3.39. The number of halogens is 4. The normalized spacial score (nSPS) is 11.9. The number of carbonyl (C=O) groups is 1. The van der Waals surface area contributed by atoms with Gasteiger partial charge in [-0.25, -0.2) is 4.39 Å². The zero-order valence-electron chi connectivity index (χ0n) is 15.8. The Morgan fingerprint density at radius 3 is 2.47 bits per heavy atom. The number of amides is 1. The minimum absolute atomic E-state index is 0.308. The number of alkyl halides is 3. The average molecular weight is 416 g/mol. The summed E-state index contributed by atoms with van der Waals surface area (Å²) in [6, 6.07) is 10.0. The summed E-state index contributed by atoms with van der Waals surface area (Å²) in [7, 11) is 1.76. The molecule has 2 heterocycles. The third-order valence-electron chi connectivity index (χ3n) is 4.77. The zero-order valence-corrected chi connectivity index (χ0v) is 15.8. The van der Waals surface area contributed by atoms with Crippen molar-refractivity contribution in [1.82, 2.24) is 14.3 Å². The van der Waals surface area contributed by atoms with Crippen LogP contribution in [-0.2, 0) is 24.6 Å². The fraction of sp³-hybridized carbons (Fsp3) is 0.143. The van der Waals surface area contributed by atoms with Gasteiger partial charge in [-0.15, -0.1) is 0 Å². The van der Waals surface area contributed by atoms with E-state index in [9.17, 15) is 22.4 Å². The number of fused-ring (bicyclic) bond motifs is 3. The van der Waals surface area contributed by atoms with E-state index in [4.69, 9.17) is 0 Å². The quantitative estimate of drug-likeness (QED) is 0.375. The largest absolute Gasteiger partial charge is 0.416 e. The molecule has 1 N–H and O–H groups in total. The topological polar surface area (TPSA) is 51.9 Å². The van der Waals surface area contributed by atoms with Crippen molar-refractivity contribution in [2.75, 3.05) is 5.32 Å². The highest BCUT2D eigenvalue weighted by Crippen LogP contribution is 2.32. The molecule has 0 spiro atoms. The molecule has 9 heteroatoms. The number of rotatable bonds is 4. The number of hydrogen-bond acceptors (Lipinski definition) is 2. The molecule has 0 aliphatic rings. The molecule has 0 fully saturated rings. The lowest BCUT2D eigenvalue weighted by molar-refractivity contribution is -0.137. The van der Waals surface area contributed by atoms with E-state index in [-0.39, 0.29) is 0 Å². The van der Waals surface area contributed by atoms with E-state index in [1.807, 2.05) is 4.57 Å². The second kappa shape index (κ2) is 7.01. The summed E-state index contributed by atoms with van der Waals surface area (Å²) in [6.07, 6.45) is -2.58. The number of carbonyl (C=O) groups excluding carboxylic acids is 1. The molecule has 0 aliphatic carbocycles. The summed E-state index contributed by atoms with van der Waals surface area (Å²) >= 11 is 0. The Labute approximate surface area is 168 Å². The van der Waals surface area contributed by atoms with Crippen molar-refractivity contribution in [3.63, 3.8) is 0 Å². The van der Waals surface area contributed by atoms with Crippen LogP contribution in [0.4, 0.5) is 23.2 Å². The van der Waals surface area contributed by atoms with Crippen LogP contribution in [0, 0.1) is 0 Å². The summed E-state index contributed by atoms with van der Waals surface area (Å²) in [6.45, 7) is 3.28. The van der Waals surface area contributed by atoms with Gasteiger partial charge in [0.05, 0.1) is 11.1 Å². The highest BCUT2D eigenvalue weighted by molar-refractivity contribution is 6.09. The molecule has 0 bridgehead atoms. The summed E-state index contributed by atoms with van der Waals surface area (Å²) in [5, 5.41) is 8.46. The SMILES string of the molecule is C=C(F)C(=O)Nc1ccc2c(c1)c1cn(C)nc1n2Cc1ccc(C(F)(F)F)cc1. The van der Waals surface area contributed by atoms with Crippen LogP contribution in [0.1, 0.15) is 11.1 Å². The number of nitrogens with one attached hydrogen (secondary N) is 1. The molecule has 0 atom stereocenters. The van der Waals surface area contributed by atoms with Crippen LogP contribution in [0.3, 0.4) is 0 Å². The molecule has 2 aromatic carbocycles. The van der Waals surface area contributed by atoms with Crippen LogP contribution in [0.25, 0.3) is 21.9 Å². The van der Waals surface area contributed by atoms with Crippen molar-refractivity contribution in [2.45, 2.75) is 12.7 Å².